The summed E-state index contributed by atoms with van der Waals surface area (Å²) in [6, 6.07) is 15.2. The quantitative estimate of drug-likeness (QED) is 0.148. The second-order valence-corrected chi connectivity index (χ2v) is 15.6. The van der Waals surface area contributed by atoms with Crippen LogP contribution in [0, 0.1) is 16.7 Å². The Morgan fingerprint density at radius 2 is 1.52 bits per heavy atom. The fourth-order valence-corrected chi connectivity index (χ4v) is 9.39. The molecule has 3 fully saturated rings. The molecule has 2 bridgehead atoms. The highest BCUT2D eigenvalue weighted by Crippen LogP contribution is 2.64. The third kappa shape index (κ3) is 6.04. The van der Waals surface area contributed by atoms with E-state index in [9.17, 15) is 44.4 Å². The number of rotatable bonds is 8. The fourth-order valence-electron chi connectivity index (χ4n) is 9.39. The maximum atomic E-state index is 15.0. The van der Waals surface area contributed by atoms with Crippen molar-refractivity contribution < 1.29 is 63.3 Å². The molecule has 14 nitrogen and oxygen atoms in total. The number of Topliss-reactive ketones (excluding diaryl/α,β-unsaturated/α-hetero) is 1. The van der Waals surface area contributed by atoms with E-state index in [0.29, 0.717) is 5.56 Å². The minimum Gasteiger partial charge on any atom is -0.456 e. The van der Waals surface area contributed by atoms with E-state index in [-0.39, 0.29) is 23.1 Å². The lowest BCUT2D eigenvalue weighted by Gasteiger charge is -2.61. The number of hydrogen-bond acceptors (Lipinski definition) is 13. The molecule has 290 valence electrons. The van der Waals surface area contributed by atoms with Gasteiger partial charge in [-0.15, -0.1) is 0 Å². The number of benzene rings is 2. The van der Waals surface area contributed by atoms with Gasteiger partial charge in [0.25, 0.3) is 5.91 Å². The van der Waals surface area contributed by atoms with Crippen molar-refractivity contribution in [3.8, 4) is 0 Å². The van der Waals surface area contributed by atoms with Crippen LogP contribution in [0.1, 0.15) is 76.3 Å². The van der Waals surface area contributed by atoms with Gasteiger partial charge in [-0.05, 0) is 42.7 Å². The zero-order valence-electron chi connectivity index (χ0n) is 31.0. The maximum Gasteiger partial charge on any atom is 0.338 e. The molecule has 2 saturated carbocycles. The lowest BCUT2D eigenvalue weighted by molar-refractivity contribution is -0.243. The van der Waals surface area contributed by atoms with Crippen LogP contribution in [0.5, 0.6) is 0 Å². The topological polar surface area (TPSA) is 215 Å². The first-order valence-electron chi connectivity index (χ1n) is 17.9. The molecule has 0 radical (unpaired) electrons. The van der Waals surface area contributed by atoms with Gasteiger partial charge >= 0.3 is 17.9 Å². The number of carbonyl (C=O) groups excluding carboxylic acids is 5. The van der Waals surface area contributed by atoms with E-state index < -0.39 is 113 Å². The zero-order chi connectivity index (χ0) is 39.5. The third-order valence-electron chi connectivity index (χ3n) is 12.2. The van der Waals surface area contributed by atoms with Gasteiger partial charge in [-0.1, -0.05) is 62.4 Å². The molecule has 1 saturated heterocycles. The smallest absolute Gasteiger partial charge is 0.338 e. The second-order valence-electron chi connectivity index (χ2n) is 15.6. The van der Waals surface area contributed by atoms with Crippen molar-refractivity contribution in [2.24, 2.45) is 16.7 Å². The van der Waals surface area contributed by atoms with Crippen LogP contribution >= 0.6 is 0 Å². The van der Waals surface area contributed by atoms with Gasteiger partial charge in [0.2, 0.25) is 0 Å². The number of ketones is 1. The molecule has 4 aliphatic rings. The van der Waals surface area contributed by atoms with Gasteiger partial charge in [-0.25, -0.2) is 4.79 Å². The highest BCUT2D eigenvalue weighted by molar-refractivity contribution is 5.96. The zero-order valence-corrected chi connectivity index (χ0v) is 31.0. The average molecular weight is 750 g/mol. The summed E-state index contributed by atoms with van der Waals surface area (Å²) in [5, 5.41) is 50.4. The molecular weight excluding hydrogens is 702 g/mol. The number of hydrogen-bond donors (Lipinski definition) is 5. The van der Waals surface area contributed by atoms with Gasteiger partial charge in [-0.2, -0.15) is 0 Å². The molecule has 6 rings (SSSR count). The Morgan fingerprint density at radius 1 is 0.907 bits per heavy atom. The normalized spacial score (nSPS) is 35.0. The summed E-state index contributed by atoms with van der Waals surface area (Å²) in [5.74, 6) is -5.57. The number of amides is 1. The average Bonchev–Trinajstić information content (AvgIpc) is 3.52. The first-order chi connectivity index (χ1) is 25.3. The Hall–Kier alpha value is -4.47. The Labute approximate surface area is 312 Å². The van der Waals surface area contributed by atoms with Crippen molar-refractivity contribution >= 4 is 29.6 Å². The van der Waals surface area contributed by atoms with Gasteiger partial charge in [0.15, 0.2) is 23.6 Å². The van der Waals surface area contributed by atoms with E-state index >= 15 is 0 Å². The van der Waals surface area contributed by atoms with Crippen LogP contribution < -0.4 is 5.32 Å². The fraction of sp³-hybridized carbons (Fsp3) is 0.525. The summed E-state index contributed by atoms with van der Waals surface area (Å²) in [7, 11) is 0. The summed E-state index contributed by atoms with van der Waals surface area (Å²) < 4.78 is 23.8. The number of ether oxygens (including phenoxy) is 4. The number of esters is 3. The van der Waals surface area contributed by atoms with E-state index in [1.54, 1.807) is 81.4 Å². The summed E-state index contributed by atoms with van der Waals surface area (Å²) in [5.41, 5.74) is -6.38. The van der Waals surface area contributed by atoms with Crippen molar-refractivity contribution in [1.29, 1.82) is 0 Å². The molecule has 1 amide bonds. The van der Waals surface area contributed by atoms with Crippen molar-refractivity contribution in [2.75, 3.05) is 6.61 Å². The van der Waals surface area contributed by atoms with Gasteiger partial charge < -0.3 is 44.7 Å². The molecular formula is C40H47NO13. The summed E-state index contributed by atoms with van der Waals surface area (Å²) in [6.07, 6.45) is -10.3. The Bertz CT molecular complexity index is 1860. The van der Waals surface area contributed by atoms with Gasteiger partial charge in [0, 0.05) is 43.6 Å². The van der Waals surface area contributed by atoms with Crippen LogP contribution in [0.25, 0.3) is 0 Å². The van der Waals surface area contributed by atoms with Gasteiger partial charge in [0.1, 0.15) is 11.7 Å². The van der Waals surface area contributed by atoms with E-state index in [1.165, 1.54) is 6.92 Å². The highest BCUT2D eigenvalue weighted by atomic mass is 16.6. The molecule has 5 N–H and O–H groups in total. The van der Waals surface area contributed by atoms with Gasteiger partial charge in [0.05, 0.1) is 36.4 Å². The Morgan fingerprint density at radius 3 is 2.11 bits per heavy atom. The van der Waals surface area contributed by atoms with Crippen molar-refractivity contribution in [2.45, 2.75) is 108 Å². The van der Waals surface area contributed by atoms with Crippen LogP contribution in [-0.2, 0) is 38.1 Å². The molecule has 1 heterocycles. The molecule has 54 heavy (non-hydrogen) atoms. The van der Waals surface area contributed by atoms with Crippen LogP contribution in [0.2, 0.25) is 0 Å². The maximum absolute atomic E-state index is 15.0. The van der Waals surface area contributed by atoms with E-state index in [0.717, 1.165) is 13.8 Å². The minimum absolute atomic E-state index is 0.0901. The van der Waals surface area contributed by atoms with Crippen molar-refractivity contribution in [3.63, 3.8) is 0 Å². The number of aliphatic hydroxyl groups excluding tert-OH is 3. The summed E-state index contributed by atoms with van der Waals surface area (Å²) in [6.45, 7) is 7.97. The molecule has 0 spiro atoms. The third-order valence-corrected chi connectivity index (χ3v) is 12.2. The molecule has 3 aliphatic carbocycles. The molecule has 14 heteroatoms. The first kappa shape index (κ1) is 39.2. The molecule has 0 aromatic heterocycles. The van der Waals surface area contributed by atoms with E-state index in [2.05, 4.69) is 5.32 Å². The second kappa shape index (κ2) is 14.0. The summed E-state index contributed by atoms with van der Waals surface area (Å²) in [4.78, 5) is 67.5. The van der Waals surface area contributed by atoms with Crippen molar-refractivity contribution in [3.05, 3.63) is 82.9 Å². The molecule has 1 aliphatic heterocycles. The molecule has 2 aromatic rings. The largest absolute Gasteiger partial charge is 0.456 e. The number of carbonyl (C=O) groups is 5. The van der Waals surface area contributed by atoms with Crippen molar-refractivity contribution in [1.82, 2.24) is 5.32 Å². The molecule has 11 atom stereocenters. The first-order valence-corrected chi connectivity index (χ1v) is 17.9. The van der Waals surface area contributed by atoms with Crippen LogP contribution in [-0.4, -0.2) is 104 Å². The highest BCUT2D eigenvalue weighted by Gasteiger charge is 2.77. The number of nitrogens with one attached hydrogen (secondary N) is 1. The predicted molar refractivity (Wildman–Crippen MR) is 188 cm³/mol. The molecule has 0 unspecified atom stereocenters. The lowest BCUT2D eigenvalue weighted by Crippen LogP contribution is -2.75. The monoisotopic (exact) mass is 749 g/mol. The summed E-state index contributed by atoms with van der Waals surface area (Å²) >= 11 is 0. The number of fused-ring (bicyclic) bond motifs is 3. The SMILES string of the molecule is CC(=O)O[C@H]1C(=O)[C@@]2(C)[C@@H]3[C@H](OC[C@]3(OC(C)=O)[C@H](O)C[C@@H]2O)[C@]2(O)C[C@H](OC(=O)[C@H](O)[C@@H](NC(=O)c3ccccc3)c3ccccc3)C(C)=C1C2(C)C. The lowest BCUT2D eigenvalue weighted by atomic mass is 9.46. The van der Waals surface area contributed by atoms with E-state index in [1.807, 2.05) is 0 Å². The molecule has 2 aromatic carbocycles. The standard InChI is InChI=1S/C40H47NO13/c1-20-25(53-36(49)30(46)29(23-13-9-7-10-14-23)41-35(48)24-15-11-8-12-16-24)18-40(50)34-32-38(6,33(47)31(52-21(2)42)28(20)37(40,4)5)26(44)17-27(45)39(32,19-51-34)54-22(3)43/h7-16,25-27,29-32,34,44-46,50H,17-19H2,1-6H3,(H,41,48)/t25-,26-,27+,29-,30+,31+,32-,34-,38+,39-,40+/m0/s1. The van der Waals surface area contributed by atoms with Crippen LogP contribution in [0.4, 0.5) is 0 Å². The van der Waals surface area contributed by atoms with E-state index in [4.69, 9.17) is 18.9 Å². The Kier molecular flexibility index (Phi) is 10.2. The minimum atomic E-state index is -2.11. The van der Waals surface area contributed by atoms with Crippen LogP contribution in [0.3, 0.4) is 0 Å². The predicted octanol–water partition coefficient (Wildman–Crippen LogP) is 1.87. The Balaban J connectivity index is 1.45. The van der Waals surface area contributed by atoms with Crippen LogP contribution in [0.15, 0.2) is 71.8 Å². The number of aliphatic hydroxyl groups is 4. The van der Waals surface area contributed by atoms with Gasteiger partial charge in [-0.3, -0.25) is 19.2 Å².